The van der Waals surface area contributed by atoms with Gasteiger partial charge in [-0.05, 0) is 40.8 Å². The number of carboxylic acids is 1. The van der Waals surface area contributed by atoms with Crippen LogP contribution in [0.5, 0.6) is 0 Å². The Morgan fingerprint density at radius 3 is 2.08 bits per heavy atom. The molecule has 1 amide bonds. The minimum atomic E-state index is -5.30. The second-order valence-electron chi connectivity index (χ2n) is 9.74. The second-order valence-corrected chi connectivity index (χ2v) is 9.74. The van der Waals surface area contributed by atoms with E-state index in [4.69, 9.17) is 4.74 Å². The molecule has 1 saturated heterocycles. The average Bonchev–Trinajstić information content (AvgIpc) is 3.21. The molecule has 1 aliphatic heterocycles. The topological polar surface area (TPSA) is 70.1 Å². The zero-order valence-electron chi connectivity index (χ0n) is 20.9. The molecule has 3 aromatic rings. The van der Waals surface area contributed by atoms with Gasteiger partial charge >= 0.3 is 19.0 Å². The van der Waals surface area contributed by atoms with Gasteiger partial charge in [-0.15, -0.1) is 5.46 Å². The third kappa shape index (κ3) is 4.95. The summed E-state index contributed by atoms with van der Waals surface area (Å²) >= 11 is 0. The molecular weight excluding hydrogens is 496 g/mol. The van der Waals surface area contributed by atoms with Crippen molar-refractivity contribution >= 4 is 30.2 Å². The molecule has 10 heteroatoms. The largest absolute Gasteiger partial charge is 0.509 e. The van der Waals surface area contributed by atoms with Crippen molar-refractivity contribution in [3.05, 3.63) is 82.9 Å². The summed E-state index contributed by atoms with van der Waals surface area (Å²) < 4.78 is 46.8. The van der Waals surface area contributed by atoms with Crippen molar-refractivity contribution < 1.29 is 32.4 Å². The summed E-state index contributed by atoms with van der Waals surface area (Å²) in [5.41, 5.74) is 4.13. The minimum absolute atomic E-state index is 0.0547. The first kappa shape index (κ1) is 25.7. The van der Waals surface area contributed by atoms with Crippen molar-refractivity contribution in [2.24, 2.45) is 0 Å². The number of carboxylic acid groups (broad SMARTS) is 1. The number of anilines is 1. The van der Waals surface area contributed by atoms with E-state index in [0.29, 0.717) is 18.8 Å². The van der Waals surface area contributed by atoms with Gasteiger partial charge in [0.05, 0.1) is 6.42 Å². The maximum Gasteiger partial charge on any atom is 0.509 e. The number of hydrogen-bond acceptors (Lipinski definition) is 4. The van der Waals surface area contributed by atoms with E-state index in [0.717, 1.165) is 28.3 Å². The van der Waals surface area contributed by atoms with Gasteiger partial charge in [0.1, 0.15) is 6.61 Å². The highest BCUT2D eigenvalue weighted by molar-refractivity contribution is 6.74. The van der Waals surface area contributed by atoms with E-state index in [9.17, 15) is 27.6 Å². The number of halogens is 3. The fourth-order valence-electron chi connectivity index (χ4n) is 5.48. The molecule has 38 heavy (non-hydrogen) atoms. The molecule has 2 aliphatic rings. The predicted molar refractivity (Wildman–Crippen MR) is 140 cm³/mol. The van der Waals surface area contributed by atoms with Crippen LogP contribution in [-0.2, 0) is 16.0 Å². The molecule has 0 radical (unpaired) electrons. The number of piperazine rings is 1. The molecule has 1 N–H and O–H groups in total. The van der Waals surface area contributed by atoms with Crippen LogP contribution < -0.4 is 10.4 Å². The molecule has 0 unspecified atom stereocenters. The zero-order chi connectivity index (χ0) is 27.0. The highest BCUT2D eigenvalue weighted by Gasteiger charge is 2.32. The molecule has 0 saturated carbocycles. The normalized spacial score (nSPS) is 15.3. The third-order valence-corrected chi connectivity index (χ3v) is 7.47. The van der Waals surface area contributed by atoms with Crippen molar-refractivity contribution in [3.8, 4) is 11.1 Å². The Morgan fingerprint density at radius 1 is 0.947 bits per heavy atom. The molecule has 5 rings (SSSR count). The maximum atomic E-state index is 13.7. The van der Waals surface area contributed by atoms with Crippen LogP contribution in [-0.4, -0.2) is 61.8 Å². The van der Waals surface area contributed by atoms with E-state index in [2.05, 4.69) is 12.1 Å². The smallest absolute Gasteiger partial charge is 0.481 e. The van der Waals surface area contributed by atoms with Crippen LogP contribution in [0.3, 0.4) is 0 Å². The lowest BCUT2D eigenvalue weighted by atomic mass is 9.75. The van der Waals surface area contributed by atoms with Crippen molar-refractivity contribution in [1.29, 1.82) is 0 Å². The second kappa shape index (κ2) is 10.1. The van der Waals surface area contributed by atoms with Crippen LogP contribution in [0, 0.1) is 6.92 Å². The van der Waals surface area contributed by atoms with Crippen molar-refractivity contribution in [2.45, 2.75) is 19.3 Å². The number of amides is 1. The maximum absolute atomic E-state index is 13.7. The predicted octanol–water partition coefficient (Wildman–Crippen LogP) is 4.75. The Balaban J connectivity index is 1.25. The van der Waals surface area contributed by atoms with Gasteiger partial charge in [0.2, 0.25) is 0 Å². The molecule has 6 nitrogen and oxygen atoms in total. The summed E-state index contributed by atoms with van der Waals surface area (Å²) in [7, 11) is 0. The van der Waals surface area contributed by atoms with Crippen LogP contribution in [0.15, 0.2) is 60.7 Å². The van der Waals surface area contributed by atoms with E-state index < -0.39 is 30.9 Å². The highest BCUT2D eigenvalue weighted by atomic mass is 19.4. The summed E-state index contributed by atoms with van der Waals surface area (Å²) in [6, 6.07) is 18.7. The number of hydrogen-bond donors (Lipinski definition) is 1. The van der Waals surface area contributed by atoms with E-state index >= 15 is 0 Å². The third-order valence-electron chi connectivity index (χ3n) is 7.47. The minimum Gasteiger partial charge on any atom is -0.481 e. The SMILES string of the molecule is Cc1c(CC(=O)O)cc(N2CCN(C(=O)OCC3c4ccccc4-c4ccccc43)CC2)cc1[B-](F)(F)F. The number of carbonyl (C=O) groups is 2. The number of aliphatic carboxylic acids is 1. The van der Waals surface area contributed by atoms with Crippen LogP contribution in [0.25, 0.3) is 11.1 Å². The van der Waals surface area contributed by atoms with Gasteiger partial charge in [-0.2, -0.15) is 0 Å². The van der Waals surface area contributed by atoms with E-state index in [-0.39, 0.29) is 36.7 Å². The van der Waals surface area contributed by atoms with Crippen LogP contribution in [0.4, 0.5) is 23.4 Å². The Morgan fingerprint density at radius 2 is 1.53 bits per heavy atom. The quantitative estimate of drug-likeness (QED) is 0.473. The zero-order valence-corrected chi connectivity index (χ0v) is 20.9. The number of ether oxygens (including phenoxy) is 1. The van der Waals surface area contributed by atoms with E-state index in [1.165, 1.54) is 13.0 Å². The van der Waals surface area contributed by atoms with Gasteiger partial charge in [-0.1, -0.05) is 60.2 Å². The molecule has 0 spiro atoms. The van der Waals surface area contributed by atoms with Gasteiger partial charge in [-0.3, -0.25) is 4.79 Å². The lowest BCUT2D eigenvalue weighted by Gasteiger charge is -2.36. The highest BCUT2D eigenvalue weighted by Crippen LogP contribution is 2.44. The lowest BCUT2D eigenvalue weighted by molar-refractivity contribution is -0.136. The van der Waals surface area contributed by atoms with E-state index in [1.807, 2.05) is 36.4 Å². The summed E-state index contributed by atoms with van der Waals surface area (Å²) in [5.74, 6) is -1.25. The first-order chi connectivity index (χ1) is 18.1. The summed E-state index contributed by atoms with van der Waals surface area (Å²) in [6.07, 6.45) is -0.945. The van der Waals surface area contributed by atoms with Gasteiger partial charge in [0.15, 0.2) is 0 Å². The summed E-state index contributed by atoms with van der Waals surface area (Å²) in [5, 5.41) is 9.17. The van der Waals surface area contributed by atoms with Crippen LogP contribution >= 0.6 is 0 Å². The number of rotatable bonds is 6. The van der Waals surface area contributed by atoms with Gasteiger partial charge in [0, 0.05) is 37.8 Å². The fraction of sp³-hybridized carbons (Fsp3) is 0.286. The number of nitrogens with zero attached hydrogens (tertiary/aromatic N) is 2. The van der Waals surface area contributed by atoms with Crippen LogP contribution in [0.1, 0.15) is 28.2 Å². The summed E-state index contributed by atoms with van der Waals surface area (Å²) in [4.78, 5) is 27.4. The molecule has 1 fully saturated rings. The van der Waals surface area contributed by atoms with Gasteiger partial charge < -0.3 is 32.6 Å². The standard InChI is InChI=1S/C28H27BF3N2O4/c1-18-19(15-27(35)36)14-20(16-26(18)29(30,31)32)33-10-12-34(13-11-33)28(37)38-17-25-23-8-4-2-6-21(23)22-7-3-5-9-24(22)25/h2-9,14,16,25H,10-13,15,17H2,1H3,(H,35,36)/q-1. The first-order valence-corrected chi connectivity index (χ1v) is 12.5. The molecule has 0 aromatic heterocycles. The molecule has 0 atom stereocenters. The van der Waals surface area contributed by atoms with Gasteiger partial charge in [-0.25, -0.2) is 4.79 Å². The Labute approximate surface area is 218 Å². The van der Waals surface area contributed by atoms with Crippen molar-refractivity contribution in [3.63, 3.8) is 0 Å². The van der Waals surface area contributed by atoms with Gasteiger partial charge in [0.25, 0.3) is 0 Å². The summed E-state index contributed by atoms with van der Waals surface area (Å²) in [6.45, 7) is -2.62. The van der Waals surface area contributed by atoms with Crippen LogP contribution in [0.2, 0.25) is 0 Å². The fourth-order valence-corrected chi connectivity index (χ4v) is 5.48. The molecule has 198 valence electrons. The molecule has 3 aromatic carbocycles. The molecule has 0 bridgehead atoms. The Bertz CT molecular complexity index is 1340. The molecule has 1 aliphatic carbocycles. The number of benzene rings is 3. The van der Waals surface area contributed by atoms with E-state index in [1.54, 1.807) is 9.80 Å². The molecular formula is C28H27BF3N2O4-. The monoisotopic (exact) mass is 523 g/mol. The lowest BCUT2D eigenvalue weighted by Crippen LogP contribution is -2.49. The number of carbonyl (C=O) groups excluding carboxylic acids is 1. The van der Waals surface area contributed by atoms with Crippen molar-refractivity contribution in [1.82, 2.24) is 4.90 Å². The first-order valence-electron chi connectivity index (χ1n) is 12.5. The Hall–Kier alpha value is -3.95. The Kier molecular flexibility index (Phi) is 6.81. The average molecular weight is 523 g/mol. The molecule has 1 heterocycles. The number of fused-ring (bicyclic) bond motifs is 3. The van der Waals surface area contributed by atoms with Crippen molar-refractivity contribution in [2.75, 3.05) is 37.7 Å².